The van der Waals surface area contributed by atoms with Crippen LogP contribution < -0.4 is 4.74 Å². The Hall–Kier alpha value is -3.75. The Morgan fingerprint density at radius 3 is 2.67 bits per heavy atom. The Labute approximate surface area is 216 Å². The second-order valence-corrected chi connectivity index (χ2v) is 9.33. The molecule has 0 saturated carbocycles. The van der Waals surface area contributed by atoms with E-state index in [-0.39, 0.29) is 11.6 Å². The molecule has 1 atom stereocenters. The van der Waals surface area contributed by atoms with Crippen LogP contribution in [0.1, 0.15) is 54.2 Å². The summed E-state index contributed by atoms with van der Waals surface area (Å²) in [4.78, 5) is 19.1. The predicted octanol–water partition coefficient (Wildman–Crippen LogP) is 7.84. The fourth-order valence-corrected chi connectivity index (χ4v) is 4.28. The lowest BCUT2D eigenvalue weighted by Crippen LogP contribution is -2.00. The molecule has 0 aliphatic carbocycles. The molecule has 0 aliphatic heterocycles. The number of rotatable bonds is 7. The van der Waals surface area contributed by atoms with Gasteiger partial charge < -0.3 is 14.8 Å². The monoisotopic (exact) mass is 500 g/mol. The number of nitrogens with one attached hydrogen (secondary N) is 1. The number of imidazole rings is 1. The molecule has 0 amide bonds. The summed E-state index contributed by atoms with van der Waals surface area (Å²) in [6.45, 7) is 8.19. The number of aryl methyl sites for hydroxylation is 2. The maximum Gasteiger partial charge on any atom is 0.336 e. The number of carboxylic acids is 1. The number of carboxylic acid groups (broad SMARTS) is 1. The van der Waals surface area contributed by atoms with Gasteiger partial charge in [0.15, 0.2) is 0 Å². The average Bonchev–Trinajstić information content (AvgIpc) is 3.25. The topological polar surface area (TPSA) is 75.2 Å². The first kappa shape index (κ1) is 25.3. The van der Waals surface area contributed by atoms with Crippen molar-refractivity contribution in [3.8, 4) is 34.7 Å². The number of aromatic nitrogens is 2. The van der Waals surface area contributed by atoms with Crippen molar-refractivity contribution >= 4 is 28.6 Å². The molecule has 5 nitrogen and oxygen atoms in total. The minimum Gasteiger partial charge on any atom is -0.478 e. The summed E-state index contributed by atoms with van der Waals surface area (Å²) < 4.78 is 5.83. The second-order valence-electron chi connectivity index (χ2n) is 8.92. The van der Waals surface area contributed by atoms with Gasteiger partial charge in [-0.1, -0.05) is 62.4 Å². The van der Waals surface area contributed by atoms with Crippen LogP contribution in [0.3, 0.4) is 0 Å². The third-order valence-corrected chi connectivity index (χ3v) is 6.65. The fourth-order valence-electron chi connectivity index (χ4n) is 4.01. The molecule has 0 fully saturated rings. The van der Waals surface area contributed by atoms with E-state index in [4.69, 9.17) is 16.3 Å². The molecule has 0 radical (unpaired) electrons. The van der Waals surface area contributed by atoms with Crippen LogP contribution in [0.4, 0.5) is 0 Å². The second kappa shape index (κ2) is 10.9. The summed E-state index contributed by atoms with van der Waals surface area (Å²) in [7, 11) is 0. The Morgan fingerprint density at radius 1 is 1.14 bits per heavy atom. The first-order valence-corrected chi connectivity index (χ1v) is 12.5. The van der Waals surface area contributed by atoms with Crippen LogP contribution in [-0.2, 0) is 12.8 Å². The summed E-state index contributed by atoms with van der Waals surface area (Å²) in [5.74, 6) is 6.44. The minimum atomic E-state index is -1.00. The van der Waals surface area contributed by atoms with Crippen molar-refractivity contribution in [3.63, 3.8) is 0 Å². The molecule has 36 heavy (non-hydrogen) atoms. The van der Waals surface area contributed by atoms with Crippen molar-refractivity contribution in [2.24, 2.45) is 5.92 Å². The van der Waals surface area contributed by atoms with Gasteiger partial charge in [-0.25, -0.2) is 4.79 Å². The smallest absolute Gasteiger partial charge is 0.336 e. The third-order valence-electron chi connectivity index (χ3n) is 6.34. The zero-order valence-electron chi connectivity index (χ0n) is 20.9. The molecule has 1 unspecified atom stereocenters. The maximum atomic E-state index is 11.4. The molecule has 4 aromatic rings. The Kier molecular flexibility index (Phi) is 7.67. The molecule has 6 heteroatoms. The van der Waals surface area contributed by atoms with Crippen LogP contribution in [0.2, 0.25) is 5.02 Å². The van der Waals surface area contributed by atoms with E-state index in [9.17, 15) is 9.90 Å². The molecule has 184 valence electrons. The minimum absolute atomic E-state index is 0.189. The van der Waals surface area contributed by atoms with Gasteiger partial charge in [0.1, 0.15) is 5.75 Å². The van der Waals surface area contributed by atoms with Gasteiger partial charge in [-0.3, -0.25) is 0 Å². The zero-order chi connectivity index (χ0) is 25.8. The highest BCUT2D eigenvalue weighted by Gasteiger charge is 2.14. The van der Waals surface area contributed by atoms with Gasteiger partial charge in [-0.2, -0.15) is 4.98 Å². The standard InChI is InChI=1S/C30H29ClN2O3/c1-5-18(3)8-7-9-21-14-22(12-11-20(21)6-2)25-16-27-28(17-26(25)31)33-30(32-27)36-23-13-10-19(4)24(15-23)29(34)35/h10-18H,5-6,9H2,1-4H3,(H,32,33)(H,34,35). The van der Waals surface area contributed by atoms with Crippen LogP contribution in [0.25, 0.3) is 22.2 Å². The lowest BCUT2D eigenvalue weighted by molar-refractivity contribution is 0.0695. The average molecular weight is 501 g/mol. The van der Waals surface area contributed by atoms with Crippen molar-refractivity contribution in [2.75, 3.05) is 0 Å². The number of ether oxygens (including phenoxy) is 1. The van der Waals surface area contributed by atoms with Crippen molar-refractivity contribution in [3.05, 3.63) is 75.8 Å². The molecule has 3 aromatic carbocycles. The number of hydrogen-bond acceptors (Lipinski definition) is 3. The first-order chi connectivity index (χ1) is 17.3. The first-order valence-electron chi connectivity index (χ1n) is 12.1. The van der Waals surface area contributed by atoms with Crippen LogP contribution in [-0.4, -0.2) is 21.0 Å². The van der Waals surface area contributed by atoms with E-state index in [2.05, 4.69) is 60.8 Å². The number of hydrogen-bond donors (Lipinski definition) is 2. The zero-order valence-corrected chi connectivity index (χ0v) is 21.7. The summed E-state index contributed by atoms with van der Waals surface area (Å²) >= 11 is 6.69. The van der Waals surface area contributed by atoms with Gasteiger partial charge >= 0.3 is 5.97 Å². The van der Waals surface area contributed by atoms with Gasteiger partial charge in [0, 0.05) is 17.9 Å². The van der Waals surface area contributed by atoms with Gasteiger partial charge in [0.2, 0.25) is 0 Å². The highest BCUT2D eigenvalue weighted by atomic mass is 35.5. The number of halogens is 1. The summed E-state index contributed by atoms with van der Waals surface area (Å²) in [6.07, 6.45) is 2.69. The Morgan fingerprint density at radius 2 is 1.94 bits per heavy atom. The normalized spacial score (nSPS) is 11.7. The highest BCUT2D eigenvalue weighted by Crippen LogP contribution is 2.34. The van der Waals surface area contributed by atoms with E-state index in [1.807, 2.05) is 12.1 Å². The van der Waals surface area contributed by atoms with Crippen molar-refractivity contribution < 1.29 is 14.6 Å². The molecule has 1 heterocycles. The molecule has 1 aromatic heterocycles. The molecule has 0 aliphatic rings. The van der Waals surface area contributed by atoms with E-state index in [0.29, 0.717) is 34.2 Å². The molecular weight excluding hydrogens is 472 g/mol. The number of benzene rings is 3. The van der Waals surface area contributed by atoms with Gasteiger partial charge in [0.25, 0.3) is 6.01 Å². The van der Waals surface area contributed by atoms with Crippen molar-refractivity contribution in [1.82, 2.24) is 9.97 Å². The third kappa shape index (κ3) is 5.56. The van der Waals surface area contributed by atoms with Gasteiger partial charge in [0.05, 0.1) is 21.6 Å². The lowest BCUT2D eigenvalue weighted by Gasteiger charge is -2.10. The Bertz CT molecular complexity index is 1490. The molecule has 0 spiro atoms. The molecule has 0 bridgehead atoms. The van der Waals surface area contributed by atoms with E-state index in [1.165, 1.54) is 17.2 Å². The van der Waals surface area contributed by atoms with Crippen LogP contribution in [0.15, 0.2) is 48.5 Å². The van der Waals surface area contributed by atoms with E-state index in [0.717, 1.165) is 29.5 Å². The van der Waals surface area contributed by atoms with Gasteiger partial charge in [-0.15, -0.1) is 0 Å². The summed E-state index contributed by atoms with van der Waals surface area (Å²) in [5, 5.41) is 9.97. The SMILES string of the molecule is CCc1ccc(-c2cc3nc(Oc4ccc(C)c(C(=O)O)c4)[nH]c3cc2Cl)cc1CC#CC(C)CC. The summed E-state index contributed by atoms with van der Waals surface area (Å²) in [5.41, 5.74) is 6.66. The number of H-pyrrole nitrogens is 1. The lowest BCUT2D eigenvalue weighted by atomic mass is 9.95. The number of aromatic amines is 1. The number of aromatic carboxylic acids is 1. The van der Waals surface area contributed by atoms with Crippen LogP contribution in [0, 0.1) is 24.7 Å². The number of carbonyl (C=O) groups is 1. The van der Waals surface area contributed by atoms with Crippen molar-refractivity contribution in [1.29, 1.82) is 0 Å². The van der Waals surface area contributed by atoms with Crippen LogP contribution in [0.5, 0.6) is 11.8 Å². The molecular formula is C30H29ClN2O3. The van der Waals surface area contributed by atoms with Crippen LogP contribution >= 0.6 is 11.6 Å². The molecule has 0 saturated heterocycles. The van der Waals surface area contributed by atoms with E-state index < -0.39 is 5.97 Å². The van der Waals surface area contributed by atoms with Gasteiger partial charge in [-0.05, 0) is 72.4 Å². The largest absolute Gasteiger partial charge is 0.478 e. The quantitative estimate of drug-likeness (QED) is 0.253. The number of fused-ring (bicyclic) bond motifs is 1. The van der Waals surface area contributed by atoms with E-state index >= 15 is 0 Å². The summed E-state index contributed by atoms with van der Waals surface area (Å²) in [6, 6.07) is 15.4. The Balaban J connectivity index is 1.66. The molecule has 4 rings (SSSR count). The predicted molar refractivity (Wildman–Crippen MR) is 145 cm³/mol. The maximum absolute atomic E-state index is 11.4. The van der Waals surface area contributed by atoms with Crippen molar-refractivity contribution in [2.45, 2.75) is 47.0 Å². The highest BCUT2D eigenvalue weighted by molar-refractivity contribution is 6.34. The number of nitrogens with zero attached hydrogens (tertiary/aromatic N) is 1. The molecule has 2 N–H and O–H groups in total. The fraction of sp³-hybridized carbons (Fsp3) is 0.267. The van der Waals surface area contributed by atoms with E-state index in [1.54, 1.807) is 19.1 Å².